The minimum atomic E-state index is -1.52. The summed E-state index contributed by atoms with van der Waals surface area (Å²) in [4.78, 5) is 27.2. The molecule has 2 aliphatic heterocycles. The number of rotatable bonds is 10. The summed E-state index contributed by atoms with van der Waals surface area (Å²) in [5.41, 5.74) is 6.31. The fourth-order valence-corrected chi connectivity index (χ4v) is 6.01. The fraction of sp³-hybridized carbons (Fsp3) is 0.481. The number of carbonyl (C=O) groups is 2. The van der Waals surface area contributed by atoms with Crippen LogP contribution in [0.15, 0.2) is 47.4 Å². The van der Waals surface area contributed by atoms with Crippen LogP contribution in [-0.4, -0.2) is 58.7 Å². The summed E-state index contributed by atoms with van der Waals surface area (Å²) in [6.45, 7) is 5.68. The van der Waals surface area contributed by atoms with Crippen molar-refractivity contribution in [3.8, 4) is 11.5 Å². The third kappa shape index (κ3) is 5.63. The first-order valence-corrected chi connectivity index (χ1v) is 13.3. The Labute approximate surface area is 216 Å². The second-order valence-electron chi connectivity index (χ2n) is 9.36. The molecule has 0 radical (unpaired) electrons. The Morgan fingerprint density at radius 2 is 1.89 bits per heavy atom. The maximum absolute atomic E-state index is 13.9. The van der Waals surface area contributed by atoms with Crippen molar-refractivity contribution in [2.24, 2.45) is 5.73 Å². The van der Waals surface area contributed by atoms with Crippen LogP contribution in [0, 0.1) is 0 Å². The molecule has 0 spiro atoms. The van der Waals surface area contributed by atoms with Crippen LogP contribution in [-0.2, 0) is 22.4 Å². The Balaban J connectivity index is 1.64. The average molecular weight is 514 g/mol. The average Bonchev–Trinajstić information content (AvgIpc) is 2.89. The lowest BCUT2D eigenvalue weighted by molar-refractivity contribution is -0.135. The van der Waals surface area contributed by atoms with Gasteiger partial charge in [-0.05, 0) is 54.5 Å². The number of aliphatic hydroxyl groups is 1. The monoisotopic (exact) mass is 513 g/mol. The number of amides is 2. The number of benzene rings is 2. The number of carbonyl (C=O) groups excluding carboxylic acids is 2. The van der Waals surface area contributed by atoms with Gasteiger partial charge in [-0.3, -0.25) is 9.59 Å². The molecule has 2 aromatic carbocycles. The predicted molar refractivity (Wildman–Crippen MR) is 139 cm³/mol. The lowest BCUT2D eigenvalue weighted by atomic mass is 9.80. The molecule has 8 nitrogen and oxygen atoms in total. The number of primary amides is 1. The largest absolute Gasteiger partial charge is 0.486 e. The first kappa shape index (κ1) is 26.3. The van der Waals surface area contributed by atoms with Crippen LogP contribution < -0.4 is 20.5 Å². The molecular formula is C27H35N3O5S. The molecule has 0 saturated carbocycles. The van der Waals surface area contributed by atoms with E-state index in [1.807, 2.05) is 60.6 Å². The molecule has 194 valence electrons. The van der Waals surface area contributed by atoms with Crippen LogP contribution in [0.1, 0.15) is 44.2 Å². The molecule has 2 aliphatic rings. The van der Waals surface area contributed by atoms with E-state index in [4.69, 9.17) is 15.2 Å². The summed E-state index contributed by atoms with van der Waals surface area (Å²) in [6, 6.07) is 13.0. The van der Waals surface area contributed by atoms with E-state index < -0.39 is 23.6 Å². The zero-order chi connectivity index (χ0) is 25.7. The molecule has 4 N–H and O–H groups in total. The zero-order valence-corrected chi connectivity index (χ0v) is 21.7. The number of ether oxygens (including phenoxy) is 2. The van der Waals surface area contributed by atoms with Crippen LogP contribution in [0.3, 0.4) is 0 Å². The Morgan fingerprint density at radius 1 is 1.19 bits per heavy atom. The second kappa shape index (κ2) is 11.5. The Hall–Kier alpha value is -2.75. The van der Waals surface area contributed by atoms with Crippen molar-refractivity contribution in [1.29, 1.82) is 0 Å². The summed E-state index contributed by atoms with van der Waals surface area (Å²) in [5, 5.41) is 14.2. The number of unbranched alkanes of at least 4 members (excludes halogenated alkanes) is 1. The quantitative estimate of drug-likeness (QED) is 0.419. The lowest BCUT2D eigenvalue weighted by Gasteiger charge is -2.41. The normalized spacial score (nSPS) is 19.6. The summed E-state index contributed by atoms with van der Waals surface area (Å²) in [6.07, 6.45) is 1.24. The summed E-state index contributed by atoms with van der Waals surface area (Å²) < 4.78 is 13.5. The highest BCUT2D eigenvalue weighted by Gasteiger charge is 2.44. The van der Waals surface area contributed by atoms with Crippen molar-refractivity contribution in [3.05, 3.63) is 53.6 Å². The maximum Gasteiger partial charge on any atom is 0.248 e. The number of nitrogens with two attached hydrogens (primary N) is 1. The molecule has 0 bridgehead atoms. The van der Waals surface area contributed by atoms with Gasteiger partial charge in [0.25, 0.3) is 0 Å². The predicted octanol–water partition coefficient (Wildman–Crippen LogP) is 2.85. The van der Waals surface area contributed by atoms with E-state index in [1.165, 1.54) is 11.9 Å². The van der Waals surface area contributed by atoms with Crippen molar-refractivity contribution >= 4 is 23.8 Å². The molecule has 9 heteroatoms. The molecule has 2 amide bonds. The molecule has 36 heavy (non-hydrogen) atoms. The minimum absolute atomic E-state index is 0.239. The SMILES string of the molecule is CCCC[C@@](Cc1ccccc1)(NC(=O)[C@@H]1Cc2cc3c(cc2SN1CC)OCCO3)[C@@H](O)C(N)=O. The number of hydrogen-bond donors (Lipinski definition) is 3. The molecule has 0 aromatic heterocycles. The second-order valence-corrected chi connectivity index (χ2v) is 10.5. The number of nitrogens with zero attached hydrogens (tertiary/aromatic N) is 1. The smallest absolute Gasteiger partial charge is 0.248 e. The van der Waals surface area contributed by atoms with Crippen LogP contribution in [0.25, 0.3) is 0 Å². The van der Waals surface area contributed by atoms with Gasteiger partial charge in [0.1, 0.15) is 19.3 Å². The van der Waals surface area contributed by atoms with E-state index in [0.29, 0.717) is 44.8 Å². The van der Waals surface area contributed by atoms with E-state index in [9.17, 15) is 14.7 Å². The van der Waals surface area contributed by atoms with Crippen LogP contribution in [0.5, 0.6) is 11.5 Å². The van der Waals surface area contributed by atoms with Crippen molar-refractivity contribution < 1.29 is 24.2 Å². The standard InChI is InChI=1S/C27H35N3O5S/c1-3-5-11-27(24(31)25(28)32,17-18-9-7-6-8-10-18)29-26(33)20-14-19-15-21-22(35-13-12-34-21)16-23(19)36-30(20)4-2/h6-10,15-16,20,24,31H,3-5,11-14,17H2,1-2H3,(H2,28,32)(H,29,33)/t20-,24-,27-/m0/s1. The number of nitrogens with one attached hydrogen (secondary N) is 1. The molecule has 4 rings (SSSR count). The molecule has 2 aromatic rings. The third-order valence-electron chi connectivity index (χ3n) is 6.82. The number of aliphatic hydroxyl groups excluding tert-OH is 1. The van der Waals surface area contributed by atoms with Gasteiger partial charge in [-0.2, -0.15) is 0 Å². The van der Waals surface area contributed by atoms with E-state index in [0.717, 1.165) is 34.6 Å². The summed E-state index contributed by atoms with van der Waals surface area (Å²) in [7, 11) is 0. The number of hydrogen-bond acceptors (Lipinski definition) is 7. The van der Waals surface area contributed by atoms with Crippen molar-refractivity contribution in [2.75, 3.05) is 19.8 Å². The molecule has 2 heterocycles. The van der Waals surface area contributed by atoms with Gasteiger partial charge in [-0.25, -0.2) is 4.31 Å². The van der Waals surface area contributed by atoms with Crippen molar-refractivity contribution in [1.82, 2.24) is 9.62 Å². The molecule has 0 saturated heterocycles. The van der Waals surface area contributed by atoms with Gasteiger partial charge in [0, 0.05) is 11.4 Å². The van der Waals surface area contributed by atoms with Gasteiger partial charge in [0.2, 0.25) is 11.8 Å². The number of fused-ring (bicyclic) bond motifs is 2. The van der Waals surface area contributed by atoms with Crippen molar-refractivity contribution in [3.63, 3.8) is 0 Å². The third-order valence-corrected chi connectivity index (χ3v) is 8.14. The highest BCUT2D eigenvalue weighted by Crippen LogP contribution is 2.42. The van der Waals surface area contributed by atoms with E-state index in [-0.39, 0.29) is 5.91 Å². The molecule has 3 atom stereocenters. The van der Waals surface area contributed by atoms with Gasteiger partial charge in [0.15, 0.2) is 17.6 Å². The van der Waals surface area contributed by atoms with Crippen LogP contribution >= 0.6 is 11.9 Å². The van der Waals surface area contributed by atoms with Crippen LogP contribution in [0.2, 0.25) is 0 Å². The highest BCUT2D eigenvalue weighted by molar-refractivity contribution is 7.97. The highest BCUT2D eigenvalue weighted by atomic mass is 32.2. The van der Waals surface area contributed by atoms with E-state index in [1.54, 1.807) is 0 Å². The van der Waals surface area contributed by atoms with E-state index >= 15 is 0 Å². The fourth-order valence-electron chi connectivity index (χ4n) is 4.92. The molecular weight excluding hydrogens is 478 g/mol. The maximum atomic E-state index is 13.9. The summed E-state index contributed by atoms with van der Waals surface area (Å²) >= 11 is 1.51. The topological polar surface area (TPSA) is 114 Å². The van der Waals surface area contributed by atoms with Gasteiger partial charge in [-0.1, -0.05) is 57.0 Å². The van der Waals surface area contributed by atoms with Gasteiger partial charge in [-0.15, -0.1) is 0 Å². The van der Waals surface area contributed by atoms with E-state index in [2.05, 4.69) is 5.32 Å². The van der Waals surface area contributed by atoms with Crippen LogP contribution in [0.4, 0.5) is 0 Å². The lowest BCUT2D eigenvalue weighted by Crippen LogP contribution is -2.64. The van der Waals surface area contributed by atoms with Crippen molar-refractivity contribution in [2.45, 2.75) is 68.5 Å². The molecule has 0 fully saturated rings. The molecule has 0 aliphatic carbocycles. The number of likely N-dealkylation sites (N-methyl/N-ethyl adjacent to an activating group) is 1. The first-order chi connectivity index (χ1) is 17.4. The molecule has 0 unspecified atom stereocenters. The first-order valence-electron chi connectivity index (χ1n) is 12.6. The zero-order valence-electron chi connectivity index (χ0n) is 20.9. The van der Waals surface area contributed by atoms with Gasteiger partial charge in [0.05, 0.1) is 5.54 Å². The van der Waals surface area contributed by atoms with Gasteiger partial charge < -0.3 is 25.6 Å². The Kier molecular flexibility index (Phi) is 8.43. The summed E-state index contributed by atoms with van der Waals surface area (Å²) in [5.74, 6) is 0.326. The Bertz CT molecular complexity index is 1080. The van der Waals surface area contributed by atoms with Gasteiger partial charge >= 0.3 is 0 Å². The Morgan fingerprint density at radius 3 is 2.53 bits per heavy atom. The minimum Gasteiger partial charge on any atom is -0.486 e.